The number of hydrogen-bond acceptors (Lipinski definition) is 7. The second-order valence-electron chi connectivity index (χ2n) is 9.92. The van der Waals surface area contributed by atoms with Crippen molar-refractivity contribution in [2.45, 2.75) is 51.2 Å². The number of hydrogen-bond donors (Lipinski definition) is 3. The van der Waals surface area contributed by atoms with Crippen LogP contribution in [0.4, 0.5) is 5.69 Å². The Hall–Kier alpha value is -3.98. The molecule has 1 atom stereocenters. The fourth-order valence-electron chi connectivity index (χ4n) is 4.64. The maximum atomic E-state index is 11.7. The molecule has 5 rings (SSSR count). The maximum absolute atomic E-state index is 11.7. The Bertz CT molecular complexity index is 1430. The Morgan fingerprint density at radius 2 is 2.05 bits per heavy atom. The van der Waals surface area contributed by atoms with E-state index in [2.05, 4.69) is 21.5 Å². The first-order valence-electron chi connectivity index (χ1n) is 12.5. The highest BCUT2D eigenvalue weighted by Gasteiger charge is 2.24. The number of aromatic nitrogens is 4. The van der Waals surface area contributed by atoms with Crippen molar-refractivity contribution in [3.8, 4) is 5.75 Å². The van der Waals surface area contributed by atoms with Crippen molar-refractivity contribution in [1.29, 1.82) is 0 Å². The van der Waals surface area contributed by atoms with E-state index in [9.17, 15) is 15.0 Å². The van der Waals surface area contributed by atoms with Gasteiger partial charge in [0.05, 0.1) is 47.8 Å². The topological polar surface area (TPSA) is 122 Å². The zero-order valence-corrected chi connectivity index (χ0v) is 21.0. The lowest BCUT2D eigenvalue weighted by molar-refractivity contribution is -0.137. The molecule has 3 aromatic heterocycles. The van der Waals surface area contributed by atoms with Crippen molar-refractivity contribution in [3.05, 3.63) is 77.5 Å². The van der Waals surface area contributed by atoms with Gasteiger partial charge in [-0.3, -0.25) is 19.4 Å². The molecule has 0 aliphatic carbocycles. The van der Waals surface area contributed by atoms with E-state index in [1.807, 2.05) is 24.3 Å². The first-order chi connectivity index (χ1) is 17.8. The summed E-state index contributed by atoms with van der Waals surface area (Å²) >= 11 is 0. The average Bonchev–Trinajstić information content (AvgIpc) is 3.30. The smallest absolute Gasteiger partial charge is 0.305 e. The zero-order valence-electron chi connectivity index (χ0n) is 21.0. The summed E-state index contributed by atoms with van der Waals surface area (Å²) < 4.78 is 7.71. The number of aliphatic carboxylic acids is 1. The quantitative estimate of drug-likeness (QED) is 0.313. The van der Waals surface area contributed by atoms with Gasteiger partial charge in [-0.2, -0.15) is 5.10 Å². The molecule has 1 aliphatic heterocycles. The summed E-state index contributed by atoms with van der Waals surface area (Å²) in [7, 11) is 0. The van der Waals surface area contributed by atoms with Gasteiger partial charge in [0.15, 0.2) is 0 Å². The fraction of sp³-hybridized carbons (Fsp3) is 0.357. The Kier molecular flexibility index (Phi) is 6.80. The minimum absolute atomic E-state index is 0.171. The highest BCUT2D eigenvalue weighted by molar-refractivity contribution is 5.81. The number of pyridine rings is 2. The lowest BCUT2D eigenvalue weighted by Gasteiger charge is -2.21. The van der Waals surface area contributed by atoms with Crippen molar-refractivity contribution in [2.75, 3.05) is 18.5 Å². The predicted octanol–water partition coefficient (Wildman–Crippen LogP) is 4.10. The number of fused-ring (bicyclic) bond motifs is 2. The van der Waals surface area contributed by atoms with E-state index >= 15 is 0 Å². The van der Waals surface area contributed by atoms with E-state index in [4.69, 9.17) is 9.72 Å². The van der Waals surface area contributed by atoms with Gasteiger partial charge in [-0.05, 0) is 68.7 Å². The minimum Gasteiger partial charge on any atom is -0.493 e. The monoisotopic (exact) mass is 501 g/mol. The molecule has 9 heteroatoms. The second kappa shape index (κ2) is 10.2. The molecule has 192 valence electrons. The van der Waals surface area contributed by atoms with Crippen LogP contribution < -0.4 is 10.1 Å². The molecule has 0 unspecified atom stereocenters. The van der Waals surface area contributed by atoms with E-state index < -0.39 is 17.6 Å². The van der Waals surface area contributed by atoms with Crippen LogP contribution in [-0.4, -0.2) is 49.1 Å². The molecule has 4 heterocycles. The standard InChI is InChI=1S/C28H31N5O4/c1-28(2,36)20-12-18(15-29-17-20)26(14-27(34)35)33-25-8-6-22(13-19(25)16-31-33)37-11-9-21-5-7-23-24(32-21)4-3-10-30-23/h5-8,12-13,15-17,26,30,36H,3-4,9-11,14H2,1-2H3,(H,34,35)/t26-/m1/s1. The molecule has 4 aromatic rings. The molecule has 3 N–H and O–H groups in total. The molecule has 0 amide bonds. The highest BCUT2D eigenvalue weighted by atomic mass is 16.5. The Morgan fingerprint density at radius 1 is 1.19 bits per heavy atom. The normalized spacial score (nSPS) is 14.1. The van der Waals surface area contributed by atoms with Crippen LogP contribution in [-0.2, 0) is 23.2 Å². The van der Waals surface area contributed by atoms with Gasteiger partial charge in [-0.1, -0.05) is 0 Å². The third-order valence-electron chi connectivity index (χ3n) is 6.65. The van der Waals surface area contributed by atoms with Gasteiger partial charge in [0, 0.05) is 42.0 Å². The molecule has 0 spiro atoms. The van der Waals surface area contributed by atoms with Gasteiger partial charge in [0.1, 0.15) is 5.75 Å². The number of aliphatic hydroxyl groups is 1. The summed E-state index contributed by atoms with van der Waals surface area (Å²) in [5, 5.41) is 28.8. The Labute approximate surface area is 215 Å². The van der Waals surface area contributed by atoms with Crippen LogP contribution in [0.2, 0.25) is 0 Å². The Morgan fingerprint density at radius 3 is 2.86 bits per heavy atom. The predicted molar refractivity (Wildman–Crippen MR) is 140 cm³/mol. The number of rotatable bonds is 9. The van der Waals surface area contributed by atoms with Crippen molar-refractivity contribution in [3.63, 3.8) is 0 Å². The van der Waals surface area contributed by atoms with Crippen molar-refractivity contribution in [1.82, 2.24) is 19.7 Å². The number of carboxylic acids is 1. The zero-order chi connectivity index (χ0) is 26.0. The largest absolute Gasteiger partial charge is 0.493 e. The van der Waals surface area contributed by atoms with Gasteiger partial charge in [0.25, 0.3) is 0 Å². The van der Waals surface area contributed by atoms with Crippen molar-refractivity contribution in [2.24, 2.45) is 0 Å². The lowest BCUT2D eigenvalue weighted by Crippen LogP contribution is -2.20. The molecule has 1 aliphatic rings. The molecule has 0 radical (unpaired) electrons. The summed E-state index contributed by atoms with van der Waals surface area (Å²) in [5.74, 6) is -0.235. The number of anilines is 1. The molecule has 0 saturated carbocycles. The molecule has 1 aromatic carbocycles. The van der Waals surface area contributed by atoms with E-state index in [1.165, 1.54) is 0 Å². The molecule has 9 nitrogen and oxygen atoms in total. The summed E-state index contributed by atoms with van der Waals surface area (Å²) in [6.45, 7) is 4.83. The maximum Gasteiger partial charge on any atom is 0.305 e. The number of carboxylic acid groups (broad SMARTS) is 1. The van der Waals surface area contributed by atoms with Crippen molar-refractivity contribution < 1.29 is 19.7 Å². The van der Waals surface area contributed by atoms with Crippen LogP contribution in [0.1, 0.15) is 55.2 Å². The van der Waals surface area contributed by atoms with Crippen LogP contribution in [0.3, 0.4) is 0 Å². The van der Waals surface area contributed by atoms with E-state index in [1.54, 1.807) is 43.2 Å². The van der Waals surface area contributed by atoms with Gasteiger partial charge < -0.3 is 20.3 Å². The number of nitrogens with zero attached hydrogens (tertiary/aromatic N) is 4. The highest BCUT2D eigenvalue weighted by Crippen LogP contribution is 2.30. The SMILES string of the molecule is CC(C)(O)c1cncc([C@@H](CC(=O)O)n2ncc3cc(OCCc4ccc5c(n4)CCCN5)ccc32)c1. The van der Waals surface area contributed by atoms with Crippen molar-refractivity contribution >= 4 is 22.6 Å². The van der Waals surface area contributed by atoms with Gasteiger partial charge in [0.2, 0.25) is 0 Å². The number of benzene rings is 1. The first kappa shape index (κ1) is 24.7. The van der Waals surface area contributed by atoms with E-state index in [-0.39, 0.29) is 6.42 Å². The molecule has 37 heavy (non-hydrogen) atoms. The number of ether oxygens (including phenoxy) is 1. The average molecular weight is 502 g/mol. The molecule has 0 bridgehead atoms. The molecular weight excluding hydrogens is 470 g/mol. The number of nitrogens with one attached hydrogen (secondary N) is 1. The van der Waals surface area contributed by atoms with Crippen LogP contribution >= 0.6 is 0 Å². The third-order valence-corrected chi connectivity index (χ3v) is 6.65. The van der Waals surface area contributed by atoms with E-state index in [0.29, 0.717) is 29.9 Å². The van der Waals surface area contributed by atoms with Crippen LogP contribution in [0, 0.1) is 0 Å². The van der Waals surface area contributed by atoms with Gasteiger partial charge in [-0.25, -0.2) is 0 Å². The van der Waals surface area contributed by atoms with Crippen LogP contribution in [0.15, 0.2) is 55.0 Å². The molecule has 0 fully saturated rings. The van der Waals surface area contributed by atoms with Crippen LogP contribution in [0.25, 0.3) is 10.9 Å². The molecule has 0 saturated heterocycles. The van der Waals surface area contributed by atoms with Gasteiger partial charge >= 0.3 is 5.97 Å². The fourth-order valence-corrected chi connectivity index (χ4v) is 4.64. The number of carbonyl (C=O) groups is 1. The van der Waals surface area contributed by atoms with Crippen LogP contribution in [0.5, 0.6) is 5.75 Å². The minimum atomic E-state index is -1.10. The van der Waals surface area contributed by atoms with E-state index in [0.717, 1.165) is 47.4 Å². The number of aryl methyl sites for hydroxylation is 1. The van der Waals surface area contributed by atoms with Gasteiger partial charge in [-0.15, -0.1) is 0 Å². The summed E-state index contributed by atoms with van der Waals surface area (Å²) in [6.07, 6.45) is 7.55. The second-order valence-corrected chi connectivity index (χ2v) is 9.92. The summed E-state index contributed by atoms with van der Waals surface area (Å²) in [6, 6.07) is 11.0. The summed E-state index contributed by atoms with van der Waals surface area (Å²) in [4.78, 5) is 20.7. The molecular formula is C28H31N5O4. The first-order valence-corrected chi connectivity index (χ1v) is 12.5. The Balaban J connectivity index is 1.33. The third kappa shape index (κ3) is 5.56. The summed E-state index contributed by atoms with van der Waals surface area (Å²) in [5.41, 5.74) is 4.22. The lowest BCUT2D eigenvalue weighted by atomic mass is 9.96.